The molecule has 0 aliphatic heterocycles. The fourth-order valence-corrected chi connectivity index (χ4v) is 1.01. The van der Waals surface area contributed by atoms with E-state index in [0.29, 0.717) is 5.76 Å². The van der Waals surface area contributed by atoms with Crippen molar-refractivity contribution in [1.29, 1.82) is 0 Å². The molecule has 0 aliphatic carbocycles. The van der Waals surface area contributed by atoms with E-state index in [1.54, 1.807) is 0 Å². The first kappa shape index (κ1) is 12.0. The lowest BCUT2D eigenvalue weighted by atomic mass is 9.90. The topological polar surface area (TPSA) is 20.2 Å². The molecular weight excluding hydrogens is 160 g/mol. The summed E-state index contributed by atoms with van der Waals surface area (Å²) in [5.74, 6) is 0.434. The van der Waals surface area contributed by atoms with Crippen molar-refractivity contribution in [3.63, 3.8) is 0 Å². The van der Waals surface area contributed by atoms with Crippen molar-refractivity contribution in [1.82, 2.24) is 0 Å². The first-order valence-electron chi connectivity index (χ1n) is 4.62. The van der Waals surface area contributed by atoms with Crippen LogP contribution in [-0.2, 0) is 0 Å². The van der Waals surface area contributed by atoms with E-state index >= 15 is 0 Å². The van der Waals surface area contributed by atoms with Crippen LogP contribution in [0.25, 0.3) is 0 Å². The minimum atomic E-state index is -0.186. The SMILES string of the molecule is CC=CC(C=CC)=C(O)C(C)(C)C. The van der Waals surface area contributed by atoms with Crippen LogP contribution >= 0.6 is 0 Å². The van der Waals surface area contributed by atoms with Crippen LogP contribution in [0, 0.1) is 5.41 Å². The maximum absolute atomic E-state index is 9.88. The van der Waals surface area contributed by atoms with E-state index in [1.165, 1.54) is 0 Å². The van der Waals surface area contributed by atoms with Gasteiger partial charge in [-0.1, -0.05) is 45.1 Å². The maximum atomic E-state index is 9.88. The summed E-state index contributed by atoms with van der Waals surface area (Å²) in [6.45, 7) is 9.87. The monoisotopic (exact) mass is 180 g/mol. The summed E-state index contributed by atoms with van der Waals surface area (Å²) in [6, 6.07) is 0. The molecule has 0 rings (SSSR count). The Kier molecular flexibility index (Phi) is 4.53. The molecule has 0 amide bonds. The van der Waals surface area contributed by atoms with Crippen LogP contribution in [-0.4, -0.2) is 5.11 Å². The van der Waals surface area contributed by atoms with Crippen LogP contribution < -0.4 is 0 Å². The van der Waals surface area contributed by atoms with Gasteiger partial charge in [0.1, 0.15) is 5.76 Å². The van der Waals surface area contributed by atoms with Crippen LogP contribution in [0.2, 0.25) is 0 Å². The second-order valence-electron chi connectivity index (χ2n) is 4.05. The molecule has 0 spiro atoms. The zero-order valence-corrected chi connectivity index (χ0v) is 9.26. The number of allylic oxidation sites excluding steroid dienone is 6. The molecule has 74 valence electrons. The van der Waals surface area contributed by atoms with E-state index < -0.39 is 0 Å². The molecule has 0 bridgehead atoms. The molecule has 1 N–H and O–H groups in total. The van der Waals surface area contributed by atoms with Gasteiger partial charge in [-0.15, -0.1) is 0 Å². The smallest absolute Gasteiger partial charge is 0.105 e. The van der Waals surface area contributed by atoms with Gasteiger partial charge in [-0.2, -0.15) is 0 Å². The Hall–Kier alpha value is -0.980. The van der Waals surface area contributed by atoms with Crippen LogP contribution in [0.4, 0.5) is 0 Å². The molecule has 0 saturated carbocycles. The quantitative estimate of drug-likeness (QED) is 0.503. The summed E-state index contributed by atoms with van der Waals surface area (Å²) < 4.78 is 0. The molecular formula is C12H20O. The van der Waals surface area contributed by atoms with Crippen LogP contribution in [0.3, 0.4) is 0 Å². The Morgan fingerprint density at radius 2 is 1.38 bits per heavy atom. The van der Waals surface area contributed by atoms with E-state index in [9.17, 15) is 5.11 Å². The fraction of sp³-hybridized carbons (Fsp3) is 0.500. The third kappa shape index (κ3) is 3.97. The molecule has 0 heterocycles. The Labute approximate surface area is 81.5 Å². The molecule has 1 heteroatoms. The number of aliphatic hydroxyl groups is 1. The molecule has 0 unspecified atom stereocenters. The molecule has 0 aromatic carbocycles. The molecule has 0 radical (unpaired) electrons. The predicted octanol–water partition coefficient (Wildman–Crippen LogP) is 4.00. The Bertz CT molecular complexity index is 222. The van der Waals surface area contributed by atoms with Crippen molar-refractivity contribution < 1.29 is 5.11 Å². The van der Waals surface area contributed by atoms with Crippen LogP contribution in [0.5, 0.6) is 0 Å². The van der Waals surface area contributed by atoms with Gasteiger partial charge in [0, 0.05) is 11.0 Å². The van der Waals surface area contributed by atoms with Gasteiger partial charge in [-0.3, -0.25) is 0 Å². The lowest BCUT2D eigenvalue weighted by Gasteiger charge is -2.19. The number of rotatable bonds is 2. The van der Waals surface area contributed by atoms with Crippen molar-refractivity contribution >= 4 is 0 Å². The van der Waals surface area contributed by atoms with Gasteiger partial charge in [0.05, 0.1) is 0 Å². The maximum Gasteiger partial charge on any atom is 0.105 e. The zero-order chi connectivity index (χ0) is 10.5. The van der Waals surface area contributed by atoms with Crippen molar-refractivity contribution in [3.05, 3.63) is 35.6 Å². The number of hydrogen-bond donors (Lipinski definition) is 1. The highest BCUT2D eigenvalue weighted by Crippen LogP contribution is 2.26. The number of aliphatic hydroxyl groups excluding tert-OH is 1. The van der Waals surface area contributed by atoms with Gasteiger partial charge in [-0.05, 0) is 13.8 Å². The van der Waals surface area contributed by atoms with E-state index in [-0.39, 0.29) is 5.41 Å². The molecule has 0 aromatic heterocycles. The summed E-state index contributed by atoms with van der Waals surface area (Å²) >= 11 is 0. The van der Waals surface area contributed by atoms with E-state index in [0.717, 1.165) is 5.57 Å². The van der Waals surface area contributed by atoms with E-state index in [2.05, 4.69) is 0 Å². The average molecular weight is 180 g/mol. The average Bonchev–Trinajstić information content (AvgIpc) is 2.01. The number of hydrogen-bond acceptors (Lipinski definition) is 1. The predicted molar refractivity (Wildman–Crippen MR) is 58.7 cm³/mol. The fourth-order valence-electron chi connectivity index (χ4n) is 1.01. The lowest BCUT2D eigenvalue weighted by Crippen LogP contribution is -2.10. The van der Waals surface area contributed by atoms with Gasteiger partial charge in [0.25, 0.3) is 0 Å². The third-order valence-corrected chi connectivity index (χ3v) is 1.68. The lowest BCUT2D eigenvalue weighted by molar-refractivity contribution is 0.274. The molecule has 1 nitrogen and oxygen atoms in total. The Morgan fingerprint density at radius 3 is 1.62 bits per heavy atom. The minimum Gasteiger partial charge on any atom is -0.511 e. The summed E-state index contributed by atoms with van der Waals surface area (Å²) in [5, 5.41) is 9.88. The van der Waals surface area contributed by atoms with Gasteiger partial charge in [-0.25, -0.2) is 0 Å². The third-order valence-electron chi connectivity index (χ3n) is 1.68. The van der Waals surface area contributed by atoms with E-state index in [4.69, 9.17) is 0 Å². The molecule has 0 saturated heterocycles. The van der Waals surface area contributed by atoms with Crippen molar-refractivity contribution in [2.75, 3.05) is 0 Å². The van der Waals surface area contributed by atoms with Crippen molar-refractivity contribution in [2.24, 2.45) is 5.41 Å². The zero-order valence-electron chi connectivity index (χ0n) is 9.26. The van der Waals surface area contributed by atoms with Gasteiger partial charge in [0.15, 0.2) is 0 Å². The first-order chi connectivity index (χ1) is 5.93. The van der Waals surface area contributed by atoms with Crippen molar-refractivity contribution in [2.45, 2.75) is 34.6 Å². The second kappa shape index (κ2) is 4.90. The van der Waals surface area contributed by atoms with Gasteiger partial charge in [0.2, 0.25) is 0 Å². The van der Waals surface area contributed by atoms with Crippen LogP contribution in [0.15, 0.2) is 35.6 Å². The summed E-state index contributed by atoms with van der Waals surface area (Å²) in [7, 11) is 0. The normalized spacial score (nSPS) is 12.7. The molecule has 0 aromatic rings. The summed E-state index contributed by atoms with van der Waals surface area (Å²) in [5.41, 5.74) is 0.700. The van der Waals surface area contributed by atoms with Gasteiger partial charge >= 0.3 is 0 Å². The van der Waals surface area contributed by atoms with Gasteiger partial charge < -0.3 is 5.11 Å². The van der Waals surface area contributed by atoms with E-state index in [1.807, 2.05) is 58.9 Å². The molecule has 0 atom stereocenters. The second-order valence-corrected chi connectivity index (χ2v) is 4.05. The highest BCUT2D eigenvalue weighted by molar-refractivity contribution is 5.34. The standard InChI is InChI=1S/C12H20O/c1-6-8-10(9-7-2)11(13)12(3,4)5/h6-9,13H,1-5H3. The highest BCUT2D eigenvalue weighted by Gasteiger charge is 2.17. The summed E-state index contributed by atoms with van der Waals surface area (Å²) in [4.78, 5) is 0. The minimum absolute atomic E-state index is 0.186. The molecule has 0 fully saturated rings. The van der Waals surface area contributed by atoms with Crippen molar-refractivity contribution in [3.8, 4) is 0 Å². The largest absolute Gasteiger partial charge is 0.511 e. The van der Waals surface area contributed by atoms with Crippen LogP contribution in [0.1, 0.15) is 34.6 Å². The Balaban J connectivity index is 5.09. The first-order valence-corrected chi connectivity index (χ1v) is 4.62. The molecule has 13 heavy (non-hydrogen) atoms. The highest BCUT2D eigenvalue weighted by atomic mass is 16.3. The molecule has 0 aliphatic rings. The summed E-state index contributed by atoms with van der Waals surface area (Å²) in [6.07, 6.45) is 7.69. The Morgan fingerprint density at radius 1 is 1.00 bits per heavy atom.